The van der Waals surface area contributed by atoms with Crippen LogP contribution in [0.3, 0.4) is 0 Å². The Kier molecular flexibility index (Phi) is 7.83. The van der Waals surface area contributed by atoms with Crippen molar-refractivity contribution in [2.75, 3.05) is 6.61 Å². The maximum atomic E-state index is 12.1. The topological polar surface area (TPSA) is 64.6 Å². The van der Waals surface area contributed by atoms with Crippen LogP contribution >= 0.6 is 0 Å². The molecule has 0 aliphatic carbocycles. The molecule has 1 amide bonds. The molecule has 0 spiro atoms. The highest BCUT2D eigenvalue weighted by molar-refractivity contribution is 6.74. The summed E-state index contributed by atoms with van der Waals surface area (Å²) in [6.45, 7) is 13.0. The zero-order valence-corrected chi connectivity index (χ0v) is 17.2. The molecule has 5 nitrogen and oxygen atoms in total. The van der Waals surface area contributed by atoms with Crippen LogP contribution in [0.2, 0.25) is 18.1 Å². The minimum atomic E-state index is -1.96. The molecule has 0 unspecified atom stereocenters. The smallest absolute Gasteiger partial charge is 0.407 e. The van der Waals surface area contributed by atoms with E-state index in [2.05, 4.69) is 39.2 Å². The van der Waals surface area contributed by atoms with Gasteiger partial charge in [0.05, 0.1) is 12.6 Å². The zero-order chi connectivity index (χ0) is 19.1. The number of rotatable bonds is 8. The molecule has 0 aliphatic rings. The van der Waals surface area contributed by atoms with Crippen molar-refractivity contribution in [1.82, 2.24) is 5.32 Å². The Morgan fingerprint density at radius 3 is 2.36 bits per heavy atom. The number of hydrogen-bond donors (Lipinski definition) is 1. The van der Waals surface area contributed by atoms with Gasteiger partial charge in [0.1, 0.15) is 12.9 Å². The molecule has 0 saturated carbocycles. The third kappa shape index (κ3) is 7.00. The Morgan fingerprint density at radius 2 is 1.84 bits per heavy atom. The second-order valence-electron chi connectivity index (χ2n) is 7.88. The molecular weight excluding hydrogens is 334 g/mol. The van der Waals surface area contributed by atoms with Crippen molar-refractivity contribution < 1.29 is 18.8 Å². The molecule has 25 heavy (non-hydrogen) atoms. The van der Waals surface area contributed by atoms with Crippen molar-refractivity contribution in [3.05, 3.63) is 35.9 Å². The normalized spacial score (nSPS) is 14.5. The highest BCUT2D eigenvalue weighted by Gasteiger charge is 2.38. The molecule has 0 aromatic heterocycles. The van der Waals surface area contributed by atoms with E-state index < -0.39 is 20.5 Å². The Morgan fingerprint density at radius 1 is 1.24 bits per heavy atom. The van der Waals surface area contributed by atoms with Gasteiger partial charge in [-0.3, -0.25) is 0 Å². The summed E-state index contributed by atoms with van der Waals surface area (Å²) in [5.41, 5.74) is 0.912. The van der Waals surface area contributed by atoms with Crippen LogP contribution in [-0.2, 0) is 20.6 Å². The monoisotopic (exact) mass is 365 g/mol. The number of hydrogen-bond acceptors (Lipinski definition) is 4. The highest BCUT2D eigenvalue weighted by Crippen LogP contribution is 2.36. The lowest BCUT2D eigenvalue weighted by molar-refractivity contribution is -0.111. The van der Waals surface area contributed by atoms with Crippen LogP contribution in [0.1, 0.15) is 33.3 Å². The number of aldehydes is 1. The van der Waals surface area contributed by atoms with Crippen LogP contribution in [0.15, 0.2) is 30.3 Å². The Hall–Kier alpha value is -1.66. The van der Waals surface area contributed by atoms with Crippen LogP contribution in [0.25, 0.3) is 0 Å². The molecule has 1 N–H and O–H groups in total. The molecule has 0 bridgehead atoms. The lowest BCUT2D eigenvalue weighted by Gasteiger charge is -2.37. The van der Waals surface area contributed by atoms with Gasteiger partial charge in [0.2, 0.25) is 0 Å². The fourth-order valence-corrected chi connectivity index (χ4v) is 2.88. The Labute approximate surface area is 152 Å². The van der Waals surface area contributed by atoms with E-state index in [1.807, 2.05) is 30.3 Å². The molecule has 0 radical (unpaired) electrons. The third-order valence-corrected chi connectivity index (χ3v) is 9.30. The summed E-state index contributed by atoms with van der Waals surface area (Å²) >= 11 is 0. The molecule has 2 atom stereocenters. The molecular formula is C19H31NO4Si. The summed E-state index contributed by atoms with van der Waals surface area (Å²) in [6, 6.07) is 9.05. The van der Waals surface area contributed by atoms with Crippen molar-refractivity contribution in [2.24, 2.45) is 5.92 Å². The largest absolute Gasteiger partial charge is 0.445 e. The first-order valence-electron chi connectivity index (χ1n) is 8.63. The van der Waals surface area contributed by atoms with Gasteiger partial charge < -0.3 is 19.3 Å². The van der Waals surface area contributed by atoms with E-state index >= 15 is 0 Å². The van der Waals surface area contributed by atoms with E-state index in [4.69, 9.17) is 9.16 Å². The van der Waals surface area contributed by atoms with Crippen LogP contribution < -0.4 is 5.32 Å². The highest BCUT2D eigenvalue weighted by atomic mass is 28.4. The summed E-state index contributed by atoms with van der Waals surface area (Å²) in [5, 5.41) is 2.83. The van der Waals surface area contributed by atoms with Crippen LogP contribution in [0.5, 0.6) is 0 Å². The van der Waals surface area contributed by atoms with Crippen molar-refractivity contribution in [2.45, 2.75) is 58.5 Å². The van der Waals surface area contributed by atoms with E-state index in [9.17, 15) is 9.59 Å². The van der Waals surface area contributed by atoms with Crippen molar-refractivity contribution in [1.29, 1.82) is 0 Å². The maximum Gasteiger partial charge on any atom is 0.407 e. The molecule has 6 heteroatoms. The zero-order valence-electron chi connectivity index (χ0n) is 16.2. The standard InChI is InChI=1S/C19H31NO4Si/c1-15(12-21)17(14-24-25(5,6)19(2,3)4)20-18(22)23-13-16-10-8-7-9-11-16/h7-12,15,17H,13-14H2,1-6H3,(H,20,22)/t15-,17+/m0/s1. The maximum absolute atomic E-state index is 12.1. The first-order chi connectivity index (χ1) is 11.6. The first kappa shape index (κ1) is 21.4. The first-order valence-corrected chi connectivity index (χ1v) is 11.5. The number of benzene rings is 1. The van der Waals surface area contributed by atoms with E-state index in [1.165, 1.54) is 0 Å². The van der Waals surface area contributed by atoms with Gasteiger partial charge in [0.25, 0.3) is 0 Å². The lowest BCUT2D eigenvalue weighted by atomic mass is 10.1. The van der Waals surface area contributed by atoms with E-state index in [0.717, 1.165) is 11.8 Å². The minimum Gasteiger partial charge on any atom is -0.445 e. The number of alkyl carbamates (subject to hydrolysis) is 1. The minimum absolute atomic E-state index is 0.0653. The molecule has 1 aromatic carbocycles. The summed E-state index contributed by atoms with van der Waals surface area (Å²) in [7, 11) is -1.96. The summed E-state index contributed by atoms with van der Waals surface area (Å²) in [4.78, 5) is 23.3. The van der Waals surface area contributed by atoms with Gasteiger partial charge in [-0.2, -0.15) is 0 Å². The van der Waals surface area contributed by atoms with Gasteiger partial charge in [0.15, 0.2) is 8.32 Å². The summed E-state index contributed by atoms with van der Waals surface area (Å²) < 4.78 is 11.4. The second-order valence-corrected chi connectivity index (χ2v) is 12.7. The Balaban J connectivity index is 2.60. The number of nitrogens with one attached hydrogen (secondary N) is 1. The number of amides is 1. The van der Waals surface area contributed by atoms with Crippen molar-refractivity contribution >= 4 is 20.7 Å². The Bertz CT molecular complexity index is 554. The fourth-order valence-electron chi connectivity index (χ4n) is 1.85. The predicted molar refractivity (Wildman–Crippen MR) is 102 cm³/mol. The van der Waals surface area contributed by atoms with Crippen LogP contribution in [-0.4, -0.2) is 33.3 Å². The van der Waals surface area contributed by atoms with Gasteiger partial charge in [-0.25, -0.2) is 4.79 Å². The van der Waals surface area contributed by atoms with Crippen molar-refractivity contribution in [3.8, 4) is 0 Å². The molecule has 0 aliphatic heterocycles. The van der Waals surface area contributed by atoms with Gasteiger partial charge >= 0.3 is 6.09 Å². The summed E-state index contributed by atoms with van der Waals surface area (Å²) in [5.74, 6) is -0.353. The van der Waals surface area contributed by atoms with E-state index in [1.54, 1.807) is 6.92 Å². The van der Waals surface area contributed by atoms with Crippen LogP contribution in [0, 0.1) is 5.92 Å². The molecule has 140 valence electrons. The van der Waals surface area contributed by atoms with Gasteiger partial charge in [-0.15, -0.1) is 0 Å². The number of ether oxygens (including phenoxy) is 1. The quantitative estimate of drug-likeness (QED) is 0.555. The molecule has 1 aromatic rings. The van der Waals surface area contributed by atoms with Gasteiger partial charge in [0, 0.05) is 5.92 Å². The second kappa shape index (κ2) is 9.15. The number of carbonyl (C=O) groups excluding carboxylic acids is 2. The molecule has 1 rings (SSSR count). The van der Waals surface area contributed by atoms with E-state index in [0.29, 0.717) is 6.61 Å². The molecule has 0 saturated heterocycles. The fraction of sp³-hybridized carbons (Fsp3) is 0.579. The average molecular weight is 366 g/mol. The van der Waals surface area contributed by atoms with Gasteiger partial charge in [-0.1, -0.05) is 58.0 Å². The third-order valence-electron chi connectivity index (χ3n) is 4.80. The van der Waals surface area contributed by atoms with Gasteiger partial charge in [-0.05, 0) is 23.7 Å². The number of carbonyl (C=O) groups is 2. The average Bonchev–Trinajstić information content (AvgIpc) is 2.56. The molecule has 0 heterocycles. The van der Waals surface area contributed by atoms with Crippen LogP contribution in [0.4, 0.5) is 4.79 Å². The SMILES string of the molecule is C[C@@H](C=O)[C@@H](CO[Si](C)(C)C(C)(C)C)NC(=O)OCc1ccccc1. The summed E-state index contributed by atoms with van der Waals surface area (Å²) in [6.07, 6.45) is 0.290. The predicted octanol–water partition coefficient (Wildman–Crippen LogP) is 4.14. The molecule has 0 fully saturated rings. The lowest BCUT2D eigenvalue weighted by Crippen LogP contribution is -2.48. The van der Waals surface area contributed by atoms with Crippen molar-refractivity contribution in [3.63, 3.8) is 0 Å². The van der Waals surface area contributed by atoms with E-state index in [-0.39, 0.29) is 17.6 Å².